The van der Waals surface area contributed by atoms with Crippen molar-refractivity contribution in [2.75, 3.05) is 6.54 Å². The van der Waals surface area contributed by atoms with Gasteiger partial charge in [-0.15, -0.1) is 0 Å². The van der Waals surface area contributed by atoms with Crippen LogP contribution in [-0.2, 0) is 12.4 Å². The Kier molecular flexibility index (Phi) is 8.03. The maximum absolute atomic E-state index is 14.7. The second-order valence-corrected chi connectivity index (χ2v) is 7.68. The second kappa shape index (κ2) is 10.5. The molecule has 0 aliphatic carbocycles. The lowest BCUT2D eigenvalue weighted by Crippen LogP contribution is -2.40. The number of alkyl halides is 9. The van der Waals surface area contributed by atoms with Gasteiger partial charge in [0.1, 0.15) is 23.0 Å². The minimum Gasteiger partial charge on any atom is -0.457 e. The molecule has 0 spiro atoms. The lowest BCUT2D eigenvalue weighted by atomic mass is 9.96. The summed E-state index contributed by atoms with van der Waals surface area (Å²) in [6.07, 6.45) is -16.7. The van der Waals surface area contributed by atoms with Gasteiger partial charge in [0.2, 0.25) is 0 Å². The maximum atomic E-state index is 14.7. The third-order valence-electron chi connectivity index (χ3n) is 4.98. The quantitative estimate of drug-likeness (QED) is 0.328. The van der Waals surface area contributed by atoms with Crippen molar-refractivity contribution >= 4 is 0 Å². The summed E-state index contributed by atoms with van der Waals surface area (Å²) in [5, 5.41) is 11.6. The van der Waals surface area contributed by atoms with E-state index >= 15 is 0 Å². The average molecular weight is 542 g/mol. The van der Waals surface area contributed by atoms with Crippen molar-refractivity contribution in [3.8, 4) is 11.5 Å². The standard InChI is InChI=1S/C23H16F10N2O2/c24-17-9-13(21(25,26)27)4-5-16(17)20(35-11-19(36)23(31,32)33)12-2-1-3-14(8-12)37-15-6-7-34-18(10-15)22(28,29)30/h1-10,19-20,35-36H,11H2. The van der Waals surface area contributed by atoms with Crippen LogP contribution < -0.4 is 10.1 Å². The summed E-state index contributed by atoms with van der Waals surface area (Å²) in [5.74, 6) is -1.81. The lowest BCUT2D eigenvalue weighted by Gasteiger charge is -2.24. The Balaban J connectivity index is 1.97. The first-order valence-corrected chi connectivity index (χ1v) is 10.2. The van der Waals surface area contributed by atoms with Gasteiger partial charge in [0, 0.05) is 24.4 Å². The maximum Gasteiger partial charge on any atom is 0.433 e. The third kappa shape index (κ3) is 7.32. The van der Waals surface area contributed by atoms with Crippen LogP contribution in [0.2, 0.25) is 0 Å². The van der Waals surface area contributed by atoms with E-state index in [2.05, 4.69) is 10.3 Å². The topological polar surface area (TPSA) is 54.4 Å². The molecule has 0 bridgehead atoms. The van der Waals surface area contributed by atoms with Crippen LogP contribution in [0.25, 0.3) is 0 Å². The summed E-state index contributed by atoms with van der Waals surface area (Å²) in [6, 6.07) is 6.59. The van der Waals surface area contributed by atoms with Crippen molar-refractivity contribution in [3.05, 3.63) is 89.0 Å². The van der Waals surface area contributed by atoms with Crippen LogP contribution in [-0.4, -0.2) is 28.9 Å². The fourth-order valence-electron chi connectivity index (χ4n) is 3.21. The van der Waals surface area contributed by atoms with Crippen LogP contribution in [0.3, 0.4) is 0 Å². The summed E-state index contributed by atoms with van der Waals surface area (Å²) >= 11 is 0. The minimum atomic E-state index is -5.04. The van der Waals surface area contributed by atoms with Crippen molar-refractivity contribution in [1.29, 1.82) is 0 Å². The van der Waals surface area contributed by atoms with E-state index in [-0.39, 0.29) is 23.1 Å². The number of hydrogen-bond acceptors (Lipinski definition) is 4. The van der Waals surface area contributed by atoms with Gasteiger partial charge in [0.15, 0.2) is 6.10 Å². The number of aliphatic hydroxyl groups excluding tert-OH is 1. The van der Waals surface area contributed by atoms with Gasteiger partial charge in [0.25, 0.3) is 0 Å². The molecule has 200 valence electrons. The SMILES string of the molecule is OC(CNC(c1cccc(Oc2ccnc(C(F)(F)F)c2)c1)c1ccc(C(F)(F)F)cc1F)C(F)(F)F. The van der Waals surface area contributed by atoms with Crippen molar-refractivity contribution in [1.82, 2.24) is 10.3 Å². The molecule has 2 N–H and O–H groups in total. The van der Waals surface area contributed by atoms with E-state index in [1.165, 1.54) is 18.2 Å². The number of nitrogens with zero attached hydrogens (tertiary/aromatic N) is 1. The number of nitrogens with one attached hydrogen (secondary N) is 1. The van der Waals surface area contributed by atoms with Gasteiger partial charge < -0.3 is 15.2 Å². The monoisotopic (exact) mass is 542 g/mol. The molecule has 14 heteroatoms. The van der Waals surface area contributed by atoms with E-state index < -0.39 is 59.9 Å². The van der Waals surface area contributed by atoms with Crippen LogP contribution in [0.4, 0.5) is 43.9 Å². The highest BCUT2D eigenvalue weighted by Gasteiger charge is 2.39. The molecular weight excluding hydrogens is 526 g/mol. The first kappa shape index (κ1) is 28.2. The number of hydrogen-bond donors (Lipinski definition) is 2. The van der Waals surface area contributed by atoms with E-state index in [9.17, 15) is 49.0 Å². The van der Waals surface area contributed by atoms with Gasteiger partial charge in [-0.25, -0.2) is 4.39 Å². The number of benzene rings is 2. The molecule has 0 saturated heterocycles. The second-order valence-electron chi connectivity index (χ2n) is 7.68. The van der Waals surface area contributed by atoms with Gasteiger partial charge in [-0.1, -0.05) is 18.2 Å². The lowest BCUT2D eigenvalue weighted by molar-refractivity contribution is -0.202. The molecule has 0 aliphatic rings. The summed E-state index contributed by atoms with van der Waals surface area (Å²) in [7, 11) is 0. The zero-order valence-electron chi connectivity index (χ0n) is 18.2. The van der Waals surface area contributed by atoms with Gasteiger partial charge in [-0.3, -0.25) is 4.98 Å². The van der Waals surface area contributed by atoms with Gasteiger partial charge in [0.05, 0.1) is 11.6 Å². The fraction of sp³-hybridized carbons (Fsp3) is 0.261. The van der Waals surface area contributed by atoms with Gasteiger partial charge in [-0.2, -0.15) is 39.5 Å². The van der Waals surface area contributed by atoms with Crippen LogP contribution in [0.1, 0.15) is 28.4 Å². The Morgan fingerprint density at radius 2 is 1.51 bits per heavy atom. The van der Waals surface area contributed by atoms with Crippen molar-refractivity contribution < 1.29 is 53.7 Å². The van der Waals surface area contributed by atoms with E-state index in [0.717, 1.165) is 24.4 Å². The number of pyridine rings is 1. The minimum absolute atomic E-state index is 0.0179. The molecule has 1 aromatic heterocycles. The van der Waals surface area contributed by atoms with Crippen LogP contribution in [0.15, 0.2) is 60.8 Å². The van der Waals surface area contributed by atoms with Crippen LogP contribution in [0.5, 0.6) is 11.5 Å². The molecule has 37 heavy (non-hydrogen) atoms. The van der Waals surface area contributed by atoms with E-state index in [1.54, 1.807) is 0 Å². The summed E-state index contributed by atoms with van der Waals surface area (Å²) in [5.41, 5.74) is -3.09. The Morgan fingerprint density at radius 3 is 2.11 bits per heavy atom. The summed E-state index contributed by atoms with van der Waals surface area (Å²) < 4.78 is 136. The van der Waals surface area contributed by atoms with Crippen molar-refractivity contribution in [2.24, 2.45) is 0 Å². The van der Waals surface area contributed by atoms with E-state index in [1.807, 2.05) is 0 Å². The first-order valence-electron chi connectivity index (χ1n) is 10.2. The van der Waals surface area contributed by atoms with Crippen LogP contribution in [0, 0.1) is 5.82 Å². The Labute approximate surface area is 202 Å². The normalized spacial score (nSPS) is 14.4. The van der Waals surface area contributed by atoms with Crippen molar-refractivity contribution in [2.45, 2.75) is 30.7 Å². The smallest absolute Gasteiger partial charge is 0.433 e. The van der Waals surface area contributed by atoms with E-state index in [0.29, 0.717) is 12.1 Å². The molecule has 0 saturated carbocycles. The molecule has 0 radical (unpaired) electrons. The number of ether oxygens (including phenoxy) is 1. The molecule has 0 aliphatic heterocycles. The molecule has 2 aromatic carbocycles. The molecule has 0 amide bonds. The molecule has 2 unspecified atom stereocenters. The fourth-order valence-corrected chi connectivity index (χ4v) is 3.21. The average Bonchev–Trinajstić information content (AvgIpc) is 2.78. The largest absolute Gasteiger partial charge is 0.457 e. The Bertz CT molecular complexity index is 1230. The van der Waals surface area contributed by atoms with Crippen LogP contribution >= 0.6 is 0 Å². The predicted octanol–water partition coefficient (Wildman–Crippen LogP) is 6.65. The molecular formula is C23H16F10N2O2. The van der Waals surface area contributed by atoms with Gasteiger partial charge >= 0.3 is 18.5 Å². The molecule has 4 nitrogen and oxygen atoms in total. The summed E-state index contributed by atoms with van der Waals surface area (Å²) in [4.78, 5) is 3.18. The molecule has 1 heterocycles. The van der Waals surface area contributed by atoms with E-state index in [4.69, 9.17) is 4.74 Å². The highest BCUT2D eigenvalue weighted by Crippen LogP contribution is 2.35. The Morgan fingerprint density at radius 1 is 0.838 bits per heavy atom. The predicted molar refractivity (Wildman–Crippen MR) is 109 cm³/mol. The first-order chi connectivity index (χ1) is 17.1. The number of aliphatic hydroxyl groups is 1. The highest BCUT2D eigenvalue weighted by atomic mass is 19.4. The third-order valence-corrected chi connectivity index (χ3v) is 4.98. The zero-order chi connectivity index (χ0) is 27.6. The molecule has 0 fully saturated rings. The van der Waals surface area contributed by atoms with Gasteiger partial charge in [-0.05, 0) is 35.9 Å². The molecule has 2 atom stereocenters. The Hall–Kier alpha value is -3.39. The number of rotatable bonds is 7. The highest BCUT2D eigenvalue weighted by molar-refractivity contribution is 5.40. The molecule has 3 aromatic rings. The molecule has 3 rings (SSSR count). The number of halogens is 10. The zero-order valence-corrected chi connectivity index (χ0v) is 18.2. The van der Waals surface area contributed by atoms with Crippen molar-refractivity contribution in [3.63, 3.8) is 0 Å². The summed E-state index contributed by atoms with van der Waals surface area (Å²) in [6.45, 7) is -1.15. The number of aromatic nitrogens is 1.